The maximum Gasteiger partial charge on any atom is 0.141 e. The predicted octanol–water partition coefficient (Wildman–Crippen LogP) is 2.45. The number of rotatable bonds is 3. The van der Waals surface area contributed by atoms with Crippen molar-refractivity contribution in [1.82, 2.24) is 14.8 Å². The molecule has 0 amide bonds. The van der Waals surface area contributed by atoms with Crippen LogP contribution in [0, 0.1) is 5.82 Å². The summed E-state index contributed by atoms with van der Waals surface area (Å²) in [7, 11) is 0. The number of pyridine rings is 1. The van der Waals surface area contributed by atoms with E-state index < -0.39 is 6.04 Å². The van der Waals surface area contributed by atoms with E-state index in [-0.39, 0.29) is 5.82 Å². The van der Waals surface area contributed by atoms with Crippen LogP contribution in [0.25, 0.3) is 5.69 Å². The van der Waals surface area contributed by atoms with Crippen LogP contribution in [0.1, 0.15) is 17.4 Å². The van der Waals surface area contributed by atoms with Gasteiger partial charge in [-0.3, -0.25) is 4.98 Å². The molecule has 0 fully saturated rings. The maximum atomic E-state index is 12.9. The molecule has 1 aromatic carbocycles. The molecule has 0 saturated carbocycles. The Labute approximate surface area is 115 Å². The molecule has 0 bridgehead atoms. The van der Waals surface area contributed by atoms with Crippen molar-refractivity contribution in [2.45, 2.75) is 6.04 Å². The third-order valence-electron chi connectivity index (χ3n) is 3.06. The van der Waals surface area contributed by atoms with E-state index in [1.54, 1.807) is 16.9 Å². The second-order valence-electron chi connectivity index (χ2n) is 4.38. The molecule has 5 heteroatoms. The number of hydrogen-bond donors (Lipinski definition) is 1. The average molecular weight is 268 g/mol. The minimum absolute atomic E-state index is 0.377. The molecule has 2 aromatic heterocycles. The van der Waals surface area contributed by atoms with Crippen LogP contribution in [0.15, 0.2) is 60.9 Å². The van der Waals surface area contributed by atoms with Crippen molar-refractivity contribution in [2.24, 2.45) is 5.73 Å². The van der Waals surface area contributed by atoms with Gasteiger partial charge in [0.2, 0.25) is 0 Å². The zero-order chi connectivity index (χ0) is 13.9. The number of halogens is 1. The van der Waals surface area contributed by atoms with E-state index in [0.717, 1.165) is 11.4 Å². The van der Waals surface area contributed by atoms with Crippen molar-refractivity contribution in [3.05, 3.63) is 78.1 Å². The Morgan fingerprint density at radius 1 is 1.05 bits per heavy atom. The minimum Gasteiger partial charge on any atom is -0.318 e. The fraction of sp³-hybridized carbons (Fsp3) is 0.0667. The Balaban J connectivity index is 1.99. The Hall–Kier alpha value is -2.53. The summed E-state index contributed by atoms with van der Waals surface area (Å²) in [6, 6.07) is 14.0. The quantitative estimate of drug-likeness (QED) is 0.793. The molecule has 3 aromatic rings. The molecule has 3 rings (SSSR count). The lowest BCUT2D eigenvalue weighted by molar-refractivity contribution is 0.615. The van der Waals surface area contributed by atoms with Crippen LogP contribution in [-0.2, 0) is 0 Å². The number of benzene rings is 1. The minimum atomic E-state index is -0.460. The van der Waals surface area contributed by atoms with E-state index in [4.69, 9.17) is 5.73 Å². The van der Waals surface area contributed by atoms with Gasteiger partial charge in [-0.1, -0.05) is 18.2 Å². The van der Waals surface area contributed by atoms with Gasteiger partial charge >= 0.3 is 0 Å². The fourth-order valence-corrected chi connectivity index (χ4v) is 2.06. The van der Waals surface area contributed by atoms with Crippen LogP contribution in [0.2, 0.25) is 0 Å². The Kier molecular flexibility index (Phi) is 3.26. The summed E-state index contributed by atoms with van der Waals surface area (Å²) < 4.78 is 14.7. The van der Waals surface area contributed by atoms with Crippen LogP contribution >= 0.6 is 0 Å². The van der Waals surface area contributed by atoms with E-state index in [0.29, 0.717) is 5.69 Å². The van der Waals surface area contributed by atoms with Gasteiger partial charge < -0.3 is 5.73 Å². The average Bonchev–Trinajstić information content (AvgIpc) is 2.97. The molecule has 100 valence electrons. The van der Waals surface area contributed by atoms with Gasteiger partial charge in [0.25, 0.3) is 0 Å². The molecule has 2 N–H and O–H groups in total. The first-order chi connectivity index (χ1) is 9.75. The highest BCUT2D eigenvalue weighted by molar-refractivity contribution is 5.34. The van der Waals surface area contributed by atoms with Crippen LogP contribution in [0.4, 0.5) is 4.39 Å². The molecule has 1 atom stereocenters. The molecule has 0 spiro atoms. The van der Waals surface area contributed by atoms with Crippen molar-refractivity contribution >= 4 is 0 Å². The number of aromatic nitrogens is 3. The molecular formula is C15H13FN4. The van der Waals surface area contributed by atoms with Crippen molar-refractivity contribution in [2.75, 3.05) is 0 Å². The molecule has 4 nitrogen and oxygen atoms in total. The van der Waals surface area contributed by atoms with Crippen molar-refractivity contribution < 1.29 is 4.39 Å². The zero-order valence-electron chi connectivity index (χ0n) is 10.6. The first-order valence-electron chi connectivity index (χ1n) is 6.22. The van der Waals surface area contributed by atoms with Gasteiger partial charge in [0.1, 0.15) is 5.82 Å². The Morgan fingerprint density at radius 3 is 2.55 bits per heavy atom. The van der Waals surface area contributed by atoms with Gasteiger partial charge in [-0.05, 0) is 30.3 Å². The standard InChI is InChI=1S/C15H13FN4/c16-11-6-7-13(18-10-11)15(17)14-8-9-19-20(14)12-4-2-1-3-5-12/h1-10,15H,17H2. The summed E-state index contributed by atoms with van der Waals surface area (Å²) in [6.07, 6.45) is 2.85. The molecule has 0 aliphatic heterocycles. The normalized spacial score (nSPS) is 12.3. The molecule has 0 aliphatic rings. The van der Waals surface area contributed by atoms with Gasteiger partial charge in [0, 0.05) is 6.20 Å². The van der Waals surface area contributed by atoms with Crippen LogP contribution in [-0.4, -0.2) is 14.8 Å². The summed E-state index contributed by atoms with van der Waals surface area (Å²) in [5, 5.41) is 4.29. The predicted molar refractivity (Wildman–Crippen MR) is 73.8 cm³/mol. The highest BCUT2D eigenvalue weighted by atomic mass is 19.1. The van der Waals surface area contributed by atoms with Gasteiger partial charge in [0.15, 0.2) is 0 Å². The van der Waals surface area contributed by atoms with Crippen LogP contribution in [0.5, 0.6) is 0 Å². The summed E-state index contributed by atoms with van der Waals surface area (Å²) in [5.74, 6) is -0.377. The van der Waals surface area contributed by atoms with Crippen molar-refractivity contribution in [3.63, 3.8) is 0 Å². The topological polar surface area (TPSA) is 56.7 Å². The number of hydrogen-bond acceptors (Lipinski definition) is 3. The van der Waals surface area contributed by atoms with Gasteiger partial charge in [-0.2, -0.15) is 5.10 Å². The van der Waals surface area contributed by atoms with E-state index in [9.17, 15) is 4.39 Å². The van der Waals surface area contributed by atoms with Gasteiger partial charge in [0.05, 0.1) is 29.3 Å². The summed E-state index contributed by atoms with van der Waals surface area (Å²) in [6.45, 7) is 0. The van der Waals surface area contributed by atoms with E-state index >= 15 is 0 Å². The summed E-state index contributed by atoms with van der Waals surface area (Å²) in [5.41, 5.74) is 8.53. The molecule has 20 heavy (non-hydrogen) atoms. The highest BCUT2D eigenvalue weighted by Gasteiger charge is 2.16. The molecule has 0 radical (unpaired) electrons. The third kappa shape index (κ3) is 2.31. The Morgan fingerprint density at radius 2 is 1.85 bits per heavy atom. The fourth-order valence-electron chi connectivity index (χ4n) is 2.06. The summed E-state index contributed by atoms with van der Waals surface area (Å²) in [4.78, 5) is 4.03. The van der Waals surface area contributed by atoms with E-state index in [1.807, 2.05) is 36.4 Å². The molecular weight excluding hydrogens is 255 g/mol. The number of nitrogens with two attached hydrogens (primary N) is 1. The monoisotopic (exact) mass is 268 g/mol. The first-order valence-corrected chi connectivity index (χ1v) is 6.22. The SMILES string of the molecule is NC(c1ccc(F)cn1)c1ccnn1-c1ccccc1. The second-order valence-corrected chi connectivity index (χ2v) is 4.38. The van der Waals surface area contributed by atoms with Crippen molar-refractivity contribution in [1.29, 1.82) is 0 Å². The van der Waals surface area contributed by atoms with Gasteiger partial charge in [-0.15, -0.1) is 0 Å². The lowest BCUT2D eigenvalue weighted by Gasteiger charge is -2.13. The Bertz CT molecular complexity index is 691. The largest absolute Gasteiger partial charge is 0.318 e. The maximum absolute atomic E-state index is 12.9. The highest BCUT2D eigenvalue weighted by Crippen LogP contribution is 2.20. The summed E-state index contributed by atoms with van der Waals surface area (Å²) >= 11 is 0. The smallest absolute Gasteiger partial charge is 0.141 e. The van der Waals surface area contributed by atoms with E-state index in [2.05, 4.69) is 10.1 Å². The van der Waals surface area contributed by atoms with Gasteiger partial charge in [-0.25, -0.2) is 9.07 Å². The zero-order valence-corrected chi connectivity index (χ0v) is 10.6. The first kappa shape index (κ1) is 12.5. The lowest BCUT2D eigenvalue weighted by atomic mass is 10.1. The number of nitrogens with zero attached hydrogens (tertiary/aromatic N) is 3. The molecule has 0 saturated heterocycles. The van der Waals surface area contributed by atoms with E-state index in [1.165, 1.54) is 12.3 Å². The molecule has 1 unspecified atom stereocenters. The van der Waals surface area contributed by atoms with Crippen molar-refractivity contribution in [3.8, 4) is 5.69 Å². The second kappa shape index (κ2) is 5.22. The van der Waals surface area contributed by atoms with Crippen LogP contribution < -0.4 is 5.73 Å². The van der Waals surface area contributed by atoms with Crippen LogP contribution in [0.3, 0.4) is 0 Å². The molecule has 2 heterocycles. The lowest BCUT2D eigenvalue weighted by Crippen LogP contribution is -2.18. The third-order valence-corrected chi connectivity index (χ3v) is 3.06. The number of para-hydroxylation sites is 1. The molecule has 0 aliphatic carbocycles.